The highest BCUT2D eigenvalue weighted by molar-refractivity contribution is 5.92. The van der Waals surface area contributed by atoms with E-state index in [4.69, 9.17) is 10.3 Å². The minimum absolute atomic E-state index is 0.150. The van der Waals surface area contributed by atoms with Crippen LogP contribution >= 0.6 is 0 Å². The van der Waals surface area contributed by atoms with Gasteiger partial charge < -0.3 is 15.2 Å². The van der Waals surface area contributed by atoms with Gasteiger partial charge in [-0.05, 0) is 25.5 Å². The molecule has 0 aliphatic rings. The van der Waals surface area contributed by atoms with Gasteiger partial charge in [-0.25, -0.2) is 0 Å². The van der Waals surface area contributed by atoms with E-state index in [1.165, 1.54) is 0 Å². The van der Waals surface area contributed by atoms with E-state index in [0.717, 1.165) is 5.56 Å². The van der Waals surface area contributed by atoms with E-state index in [1.54, 1.807) is 17.9 Å². The zero-order chi connectivity index (χ0) is 13.8. The van der Waals surface area contributed by atoms with E-state index in [9.17, 15) is 4.79 Å². The molecule has 0 radical (unpaired) electrons. The zero-order valence-corrected chi connectivity index (χ0v) is 11.1. The Morgan fingerprint density at radius 3 is 2.74 bits per heavy atom. The summed E-state index contributed by atoms with van der Waals surface area (Å²) in [4.78, 5) is 14.0. The molecule has 0 saturated carbocycles. The maximum atomic E-state index is 12.3. The molecule has 1 amide bonds. The maximum absolute atomic E-state index is 12.3. The highest BCUT2D eigenvalue weighted by Gasteiger charge is 2.18. The average Bonchev–Trinajstić information content (AvgIpc) is 2.84. The number of amides is 1. The average molecular weight is 259 g/mol. The Kier molecular flexibility index (Phi) is 3.85. The number of hydrogen-bond acceptors (Lipinski definition) is 4. The lowest BCUT2D eigenvalue weighted by molar-refractivity contribution is 0.0742. The fourth-order valence-electron chi connectivity index (χ4n) is 1.84. The van der Waals surface area contributed by atoms with Crippen LogP contribution in [0, 0.1) is 6.92 Å². The monoisotopic (exact) mass is 259 g/mol. The Morgan fingerprint density at radius 1 is 1.42 bits per heavy atom. The van der Waals surface area contributed by atoms with Gasteiger partial charge in [-0.1, -0.05) is 23.4 Å². The second kappa shape index (κ2) is 5.56. The number of hydrogen-bond donors (Lipinski definition) is 1. The van der Waals surface area contributed by atoms with Crippen LogP contribution in [-0.4, -0.2) is 22.5 Å². The third-order valence-corrected chi connectivity index (χ3v) is 2.93. The lowest BCUT2D eigenvalue weighted by atomic mass is 10.1. The summed E-state index contributed by atoms with van der Waals surface area (Å²) in [5, 5.41) is 3.75. The molecule has 1 aromatic carbocycles. The van der Waals surface area contributed by atoms with Gasteiger partial charge in [-0.3, -0.25) is 4.79 Å². The van der Waals surface area contributed by atoms with Crippen LogP contribution in [0.1, 0.15) is 28.7 Å². The number of carbonyl (C=O) groups is 1. The molecule has 0 bridgehead atoms. The number of benzene rings is 1. The van der Waals surface area contributed by atoms with Gasteiger partial charge in [0.1, 0.15) is 5.76 Å². The van der Waals surface area contributed by atoms with Crippen molar-refractivity contribution < 1.29 is 9.32 Å². The number of carbonyl (C=O) groups excluding carboxylic acids is 1. The van der Waals surface area contributed by atoms with Gasteiger partial charge in [0.25, 0.3) is 5.91 Å². The van der Waals surface area contributed by atoms with Crippen LogP contribution < -0.4 is 5.73 Å². The summed E-state index contributed by atoms with van der Waals surface area (Å²) in [5.41, 5.74) is 7.84. The molecule has 1 aromatic heterocycles. The number of nitrogen functional groups attached to an aromatic ring is 1. The first-order chi connectivity index (χ1) is 9.11. The standard InChI is InChI=1S/C14H17N3O2/c1-3-17(9-11-6-4-5-7-12(11)15)14(18)13-8-10(2)19-16-13/h4-8H,3,9,15H2,1-2H3. The van der Waals surface area contributed by atoms with Gasteiger partial charge in [-0.2, -0.15) is 0 Å². The van der Waals surface area contributed by atoms with Gasteiger partial charge in [-0.15, -0.1) is 0 Å². The first kappa shape index (κ1) is 13.1. The first-order valence-electron chi connectivity index (χ1n) is 6.17. The van der Waals surface area contributed by atoms with Crippen LogP contribution in [-0.2, 0) is 6.54 Å². The minimum Gasteiger partial charge on any atom is -0.398 e. The van der Waals surface area contributed by atoms with Crippen LogP contribution in [0.3, 0.4) is 0 Å². The van der Waals surface area contributed by atoms with Gasteiger partial charge >= 0.3 is 0 Å². The molecule has 0 aliphatic carbocycles. The largest absolute Gasteiger partial charge is 0.398 e. The molecule has 2 rings (SSSR count). The van der Waals surface area contributed by atoms with Crippen LogP contribution in [0.4, 0.5) is 5.69 Å². The Balaban J connectivity index is 2.17. The van der Waals surface area contributed by atoms with Crippen molar-refractivity contribution in [3.63, 3.8) is 0 Å². The van der Waals surface area contributed by atoms with Crippen molar-refractivity contribution in [3.05, 3.63) is 47.3 Å². The predicted molar refractivity (Wildman–Crippen MR) is 72.5 cm³/mol. The number of para-hydroxylation sites is 1. The van der Waals surface area contributed by atoms with Gasteiger partial charge in [0.2, 0.25) is 0 Å². The molecule has 2 N–H and O–H groups in total. The van der Waals surface area contributed by atoms with Crippen molar-refractivity contribution in [3.8, 4) is 0 Å². The number of rotatable bonds is 4. The summed E-state index contributed by atoms with van der Waals surface area (Å²) < 4.78 is 4.93. The van der Waals surface area contributed by atoms with Crippen molar-refractivity contribution in [1.82, 2.24) is 10.1 Å². The summed E-state index contributed by atoms with van der Waals surface area (Å²) in [6.45, 7) is 4.73. The van der Waals surface area contributed by atoms with Crippen molar-refractivity contribution in [2.24, 2.45) is 0 Å². The fraction of sp³-hybridized carbons (Fsp3) is 0.286. The summed E-state index contributed by atoms with van der Waals surface area (Å²) >= 11 is 0. The Bertz CT molecular complexity index is 578. The number of aryl methyl sites for hydroxylation is 1. The highest BCUT2D eigenvalue weighted by atomic mass is 16.5. The predicted octanol–water partition coefficient (Wildman–Crippen LogP) is 2.23. The van der Waals surface area contributed by atoms with E-state index < -0.39 is 0 Å². The zero-order valence-electron chi connectivity index (χ0n) is 11.1. The number of nitrogens with zero attached hydrogens (tertiary/aromatic N) is 2. The first-order valence-corrected chi connectivity index (χ1v) is 6.17. The molecular formula is C14H17N3O2. The van der Waals surface area contributed by atoms with E-state index in [1.807, 2.05) is 31.2 Å². The van der Waals surface area contributed by atoms with Crippen LogP contribution in [0.25, 0.3) is 0 Å². The van der Waals surface area contributed by atoms with E-state index >= 15 is 0 Å². The van der Waals surface area contributed by atoms with E-state index in [-0.39, 0.29) is 5.91 Å². The summed E-state index contributed by atoms with van der Waals surface area (Å²) in [5.74, 6) is 0.473. The molecule has 0 atom stereocenters. The second-order valence-corrected chi connectivity index (χ2v) is 4.34. The molecule has 0 fully saturated rings. The number of aromatic nitrogens is 1. The summed E-state index contributed by atoms with van der Waals surface area (Å²) in [6.07, 6.45) is 0. The normalized spacial score (nSPS) is 10.4. The molecule has 0 spiro atoms. The molecule has 0 aliphatic heterocycles. The Labute approximate surface area is 112 Å². The van der Waals surface area contributed by atoms with Crippen molar-refractivity contribution in [2.75, 3.05) is 12.3 Å². The van der Waals surface area contributed by atoms with Gasteiger partial charge in [0.15, 0.2) is 5.69 Å². The molecule has 0 unspecified atom stereocenters. The lowest BCUT2D eigenvalue weighted by Gasteiger charge is -2.20. The van der Waals surface area contributed by atoms with Crippen LogP contribution in [0.15, 0.2) is 34.9 Å². The quantitative estimate of drug-likeness (QED) is 0.854. The molecule has 2 aromatic rings. The third-order valence-electron chi connectivity index (χ3n) is 2.93. The topological polar surface area (TPSA) is 72.4 Å². The minimum atomic E-state index is -0.150. The Morgan fingerprint density at radius 2 is 2.16 bits per heavy atom. The molecule has 1 heterocycles. The van der Waals surface area contributed by atoms with Crippen LogP contribution in [0.2, 0.25) is 0 Å². The van der Waals surface area contributed by atoms with Crippen molar-refractivity contribution in [1.29, 1.82) is 0 Å². The SMILES string of the molecule is CCN(Cc1ccccc1N)C(=O)c1cc(C)on1. The van der Waals surface area contributed by atoms with Gasteiger partial charge in [0, 0.05) is 24.8 Å². The highest BCUT2D eigenvalue weighted by Crippen LogP contribution is 2.15. The fourth-order valence-corrected chi connectivity index (χ4v) is 1.84. The second-order valence-electron chi connectivity index (χ2n) is 4.34. The van der Waals surface area contributed by atoms with Crippen molar-refractivity contribution >= 4 is 11.6 Å². The molecule has 0 saturated heterocycles. The number of nitrogens with two attached hydrogens (primary N) is 1. The Hall–Kier alpha value is -2.30. The molecular weight excluding hydrogens is 242 g/mol. The maximum Gasteiger partial charge on any atom is 0.276 e. The third kappa shape index (κ3) is 2.93. The van der Waals surface area contributed by atoms with Crippen molar-refractivity contribution in [2.45, 2.75) is 20.4 Å². The van der Waals surface area contributed by atoms with Crippen LogP contribution in [0.5, 0.6) is 0 Å². The molecule has 100 valence electrons. The smallest absolute Gasteiger partial charge is 0.276 e. The molecule has 5 heteroatoms. The lowest BCUT2D eigenvalue weighted by Crippen LogP contribution is -2.30. The molecule has 19 heavy (non-hydrogen) atoms. The summed E-state index contributed by atoms with van der Waals surface area (Å²) in [7, 11) is 0. The van der Waals surface area contributed by atoms with Gasteiger partial charge in [0.05, 0.1) is 0 Å². The van der Waals surface area contributed by atoms with E-state index in [0.29, 0.717) is 30.2 Å². The van der Waals surface area contributed by atoms with E-state index in [2.05, 4.69) is 5.16 Å². The number of anilines is 1. The molecule has 5 nitrogen and oxygen atoms in total. The summed E-state index contributed by atoms with van der Waals surface area (Å²) in [6, 6.07) is 9.16.